The van der Waals surface area contributed by atoms with Gasteiger partial charge >= 0.3 is 5.97 Å². The number of hydrogen-bond donors (Lipinski definition) is 0. The summed E-state index contributed by atoms with van der Waals surface area (Å²) < 4.78 is 18.1. The van der Waals surface area contributed by atoms with E-state index >= 15 is 0 Å². The molecule has 0 bridgehead atoms. The Bertz CT molecular complexity index is 748. The van der Waals surface area contributed by atoms with Crippen LogP contribution in [-0.4, -0.2) is 24.9 Å². The first-order valence-corrected chi connectivity index (χ1v) is 7.22. The number of methoxy groups -OCH3 is 1. The molecule has 0 heterocycles. The smallest absolute Gasteiger partial charge is 0.337 e. The summed E-state index contributed by atoms with van der Waals surface area (Å²) >= 11 is 4.63. The second-order valence-corrected chi connectivity index (χ2v) is 4.88. The van der Waals surface area contributed by atoms with Gasteiger partial charge in [0.2, 0.25) is 0 Å². The van der Waals surface area contributed by atoms with Crippen LogP contribution in [0.15, 0.2) is 54.6 Å². The topological polar surface area (TPSA) is 29.5 Å². The van der Waals surface area contributed by atoms with Gasteiger partial charge < -0.3 is 4.74 Å². The number of benzene rings is 2. The van der Waals surface area contributed by atoms with Crippen molar-refractivity contribution in [1.29, 1.82) is 0 Å². The quantitative estimate of drug-likeness (QED) is 0.283. The van der Waals surface area contributed by atoms with E-state index < -0.39 is 11.2 Å². The molecule has 3 nitrogen and oxygen atoms in total. The fourth-order valence-electron chi connectivity index (χ4n) is 1.89. The standard InChI is InChI=1S/C18H14FNO2S/c1-22-17(21)15-11-9-14(10-12-15)6-5-13-20(18(19)23)16-7-3-2-4-8-16/h2-4,7-12H,13H2,1H3. The predicted molar refractivity (Wildman–Crippen MR) is 92.2 cm³/mol. The van der Waals surface area contributed by atoms with Gasteiger partial charge in [-0.15, -0.1) is 0 Å². The number of anilines is 1. The van der Waals surface area contributed by atoms with Crippen LogP contribution in [0.4, 0.5) is 10.1 Å². The van der Waals surface area contributed by atoms with Crippen molar-refractivity contribution in [1.82, 2.24) is 0 Å². The minimum atomic E-state index is -0.730. The van der Waals surface area contributed by atoms with Gasteiger partial charge in [0.15, 0.2) is 0 Å². The summed E-state index contributed by atoms with van der Waals surface area (Å²) in [5.74, 6) is 5.39. The van der Waals surface area contributed by atoms with Crippen molar-refractivity contribution in [3.63, 3.8) is 0 Å². The summed E-state index contributed by atoms with van der Waals surface area (Å²) in [5.41, 5.74) is 1.82. The summed E-state index contributed by atoms with van der Waals surface area (Å²) in [4.78, 5) is 12.6. The second kappa shape index (κ2) is 8.06. The Morgan fingerprint density at radius 2 is 1.83 bits per heavy atom. The maximum atomic E-state index is 13.5. The number of para-hydroxylation sites is 1. The largest absolute Gasteiger partial charge is 0.465 e. The van der Waals surface area contributed by atoms with Gasteiger partial charge in [-0.25, -0.2) is 4.79 Å². The van der Waals surface area contributed by atoms with Crippen molar-refractivity contribution in [3.8, 4) is 11.8 Å². The van der Waals surface area contributed by atoms with Gasteiger partial charge in [0, 0.05) is 11.3 Å². The first-order chi connectivity index (χ1) is 11.1. The number of nitrogens with zero attached hydrogens (tertiary/aromatic N) is 1. The highest BCUT2D eigenvalue weighted by atomic mass is 32.1. The van der Waals surface area contributed by atoms with Gasteiger partial charge in [0.1, 0.15) is 0 Å². The van der Waals surface area contributed by atoms with Crippen LogP contribution in [0.25, 0.3) is 0 Å². The lowest BCUT2D eigenvalue weighted by Gasteiger charge is -2.17. The van der Waals surface area contributed by atoms with E-state index in [0.29, 0.717) is 11.3 Å². The number of carbonyl (C=O) groups excluding carboxylic acids is 1. The number of ether oxygens (including phenoxy) is 1. The van der Waals surface area contributed by atoms with Crippen molar-refractivity contribution < 1.29 is 13.9 Å². The lowest BCUT2D eigenvalue weighted by molar-refractivity contribution is 0.0600. The van der Waals surface area contributed by atoms with Gasteiger partial charge in [-0.05, 0) is 48.6 Å². The summed E-state index contributed by atoms with van der Waals surface area (Å²) in [6, 6.07) is 15.7. The molecular weight excluding hydrogens is 313 g/mol. The van der Waals surface area contributed by atoms with E-state index in [9.17, 15) is 9.18 Å². The Kier molecular flexibility index (Phi) is 5.84. The molecule has 116 valence electrons. The Labute approximate surface area is 139 Å². The number of hydrogen-bond acceptors (Lipinski definition) is 3. The fourth-order valence-corrected chi connectivity index (χ4v) is 2.06. The number of rotatable bonds is 3. The average Bonchev–Trinajstić information content (AvgIpc) is 2.59. The van der Waals surface area contributed by atoms with Crippen LogP contribution < -0.4 is 4.90 Å². The Morgan fingerprint density at radius 1 is 1.17 bits per heavy atom. The molecule has 0 aliphatic heterocycles. The molecule has 0 saturated carbocycles. The van der Waals surface area contributed by atoms with Crippen molar-refractivity contribution in [2.45, 2.75) is 0 Å². The first kappa shape index (κ1) is 16.7. The van der Waals surface area contributed by atoms with Crippen LogP contribution in [0.2, 0.25) is 0 Å². The zero-order chi connectivity index (χ0) is 16.7. The maximum Gasteiger partial charge on any atom is 0.337 e. The minimum absolute atomic E-state index is 0.137. The first-order valence-electron chi connectivity index (χ1n) is 6.81. The SMILES string of the molecule is COC(=O)c1ccc(C#CCN(C(F)=S)c2ccccc2)cc1. The van der Waals surface area contributed by atoms with Crippen molar-refractivity contribution in [2.75, 3.05) is 18.6 Å². The van der Waals surface area contributed by atoms with Crippen LogP contribution >= 0.6 is 12.2 Å². The molecule has 0 atom stereocenters. The van der Waals surface area contributed by atoms with Crippen LogP contribution in [-0.2, 0) is 4.74 Å². The van der Waals surface area contributed by atoms with Gasteiger partial charge in [-0.3, -0.25) is 4.90 Å². The van der Waals surface area contributed by atoms with E-state index in [1.807, 2.05) is 6.07 Å². The average molecular weight is 327 g/mol. The summed E-state index contributed by atoms with van der Waals surface area (Å²) in [7, 11) is 1.33. The highest BCUT2D eigenvalue weighted by Gasteiger charge is 2.09. The van der Waals surface area contributed by atoms with Gasteiger partial charge in [-0.1, -0.05) is 30.0 Å². The van der Waals surface area contributed by atoms with E-state index in [1.165, 1.54) is 12.0 Å². The molecule has 0 aromatic heterocycles. The third-order valence-corrected chi connectivity index (χ3v) is 3.28. The maximum absolute atomic E-state index is 13.5. The predicted octanol–water partition coefficient (Wildman–Crippen LogP) is 3.59. The van der Waals surface area contributed by atoms with Crippen LogP contribution in [0.1, 0.15) is 15.9 Å². The zero-order valence-corrected chi connectivity index (χ0v) is 13.3. The third kappa shape index (κ3) is 4.63. The van der Waals surface area contributed by atoms with Crippen LogP contribution in [0.3, 0.4) is 0 Å². The molecule has 0 amide bonds. The van der Waals surface area contributed by atoms with E-state index in [4.69, 9.17) is 0 Å². The highest BCUT2D eigenvalue weighted by Crippen LogP contribution is 2.14. The molecule has 0 unspecified atom stereocenters. The number of carbonyl (C=O) groups is 1. The van der Waals surface area contributed by atoms with Crippen molar-refractivity contribution in [2.24, 2.45) is 0 Å². The molecule has 0 fully saturated rings. The molecule has 2 aromatic carbocycles. The van der Waals surface area contributed by atoms with Gasteiger partial charge in [0.25, 0.3) is 5.24 Å². The normalized spacial score (nSPS) is 9.48. The number of halogens is 1. The summed E-state index contributed by atoms with van der Waals surface area (Å²) in [6.45, 7) is 0.137. The van der Waals surface area contributed by atoms with Crippen LogP contribution in [0.5, 0.6) is 0 Å². The molecule has 0 aliphatic carbocycles. The van der Waals surface area contributed by atoms with Gasteiger partial charge in [-0.2, -0.15) is 4.39 Å². The lowest BCUT2D eigenvalue weighted by Crippen LogP contribution is -2.26. The van der Waals surface area contributed by atoms with Crippen molar-refractivity contribution in [3.05, 3.63) is 65.7 Å². The molecule has 2 rings (SSSR count). The van der Waals surface area contributed by atoms with E-state index in [2.05, 4.69) is 28.8 Å². The molecule has 0 N–H and O–H groups in total. The summed E-state index contributed by atoms with van der Waals surface area (Å²) in [6.07, 6.45) is 0. The second-order valence-electron chi connectivity index (χ2n) is 4.55. The van der Waals surface area contributed by atoms with E-state index in [1.54, 1.807) is 48.5 Å². The lowest BCUT2D eigenvalue weighted by atomic mass is 10.1. The Balaban J connectivity index is 2.09. The number of esters is 1. The van der Waals surface area contributed by atoms with Crippen LogP contribution in [0, 0.1) is 11.8 Å². The molecule has 5 heteroatoms. The molecule has 0 aliphatic rings. The number of thiocarbonyl (C=S) groups is 1. The third-order valence-electron chi connectivity index (χ3n) is 3.06. The minimum Gasteiger partial charge on any atom is -0.465 e. The molecule has 23 heavy (non-hydrogen) atoms. The summed E-state index contributed by atoms with van der Waals surface area (Å²) in [5, 5.41) is -0.730. The van der Waals surface area contributed by atoms with E-state index in [0.717, 1.165) is 5.56 Å². The highest BCUT2D eigenvalue weighted by molar-refractivity contribution is 7.80. The van der Waals surface area contributed by atoms with Crippen molar-refractivity contribution >= 4 is 29.1 Å². The zero-order valence-electron chi connectivity index (χ0n) is 12.5. The molecule has 0 saturated heterocycles. The molecule has 0 spiro atoms. The molecule has 2 aromatic rings. The Morgan fingerprint density at radius 3 is 2.39 bits per heavy atom. The Hall–Kier alpha value is -2.71. The monoisotopic (exact) mass is 327 g/mol. The fraction of sp³-hybridized carbons (Fsp3) is 0.111. The van der Waals surface area contributed by atoms with Gasteiger partial charge in [0.05, 0.1) is 19.2 Å². The molecule has 0 radical (unpaired) electrons. The van der Waals surface area contributed by atoms with E-state index in [-0.39, 0.29) is 6.54 Å². The molecular formula is C18H14FNO2S.